The number of anilines is 1. The standard InChI is InChI=1S/C27H31BrN2O4S/c1-25(13-14-34-18-25)29-35(32,33)21-4-2-3-19(15-21)24(31)30-17-27(11-9-26(7-8-26)10-12-27)22-16-20(28)5-6-23(22)30/h2-6,15-16,29H,7-14,17-18H2,1H3. The molecule has 8 heteroatoms. The molecule has 1 saturated heterocycles. The van der Waals surface area contributed by atoms with Crippen LogP contribution in [-0.2, 0) is 20.2 Å². The van der Waals surface area contributed by atoms with E-state index in [1.807, 2.05) is 24.0 Å². The lowest BCUT2D eigenvalue weighted by Gasteiger charge is -2.38. The molecule has 0 radical (unpaired) electrons. The maximum absolute atomic E-state index is 13.8. The molecule has 1 atom stereocenters. The van der Waals surface area contributed by atoms with Gasteiger partial charge in [-0.25, -0.2) is 13.1 Å². The van der Waals surface area contributed by atoms with Gasteiger partial charge in [-0.15, -0.1) is 0 Å². The van der Waals surface area contributed by atoms with Crippen molar-refractivity contribution < 1.29 is 17.9 Å². The van der Waals surface area contributed by atoms with Gasteiger partial charge in [-0.1, -0.05) is 22.0 Å². The van der Waals surface area contributed by atoms with Crippen molar-refractivity contribution in [2.45, 2.75) is 67.7 Å². The first kappa shape index (κ1) is 23.6. The van der Waals surface area contributed by atoms with E-state index in [9.17, 15) is 13.2 Å². The van der Waals surface area contributed by atoms with Crippen LogP contribution in [0, 0.1) is 5.41 Å². The third-order valence-electron chi connectivity index (χ3n) is 8.74. The minimum atomic E-state index is -3.79. The predicted molar refractivity (Wildman–Crippen MR) is 138 cm³/mol. The van der Waals surface area contributed by atoms with Gasteiger partial charge in [0.1, 0.15) is 0 Å². The molecule has 1 N–H and O–H groups in total. The molecule has 186 valence electrons. The number of sulfonamides is 1. The Morgan fingerprint density at radius 3 is 2.46 bits per heavy atom. The van der Waals surface area contributed by atoms with Crippen molar-refractivity contribution in [2.75, 3.05) is 24.7 Å². The highest BCUT2D eigenvalue weighted by molar-refractivity contribution is 9.10. The van der Waals surface area contributed by atoms with Gasteiger partial charge in [0.25, 0.3) is 5.91 Å². The average Bonchev–Trinajstić information content (AvgIpc) is 3.35. The Morgan fingerprint density at radius 2 is 1.77 bits per heavy atom. The minimum Gasteiger partial charge on any atom is -0.379 e. The van der Waals surface area contributed by atoms with E-state index in [2.05, 4.69) is 26.7 Å². The Hall–Kier alpha value is -1.74. The van der Waals surface area contributed by atoms with E-state index in [0.717, 1.165) is 23.0 Å². The van der Waals surface area contributed by atoms with Gasteiger partial charge in [-0.05, 0) is 99.2 Å². The molecular formula is C27H31BrN2O4S. The second-order valence-corrected chi connectivity index (χ2v) is 13.9. The fraction of sp³-hybridized carbons (Fsp3) is 0.519. The summed E-state index contributed by atoms with van der Waals surface area (Å²) in [5, 5.41) is 0. The molecule has 6 nitrogen and oxygen atoms in total. The number of hydrogen-bond acceptors (Lipinski definition) is 4. The van der Waals surface area contributed by atoms with Crippen LogP contribution in [0.25, 0.3) is 0 Å². The number of ether oxygens (including phenoxy) is 1. The van der Waals surface area contributed by atoms with Crippen LogP contribution in [0.15, 0.2) is 51.8 Å². The molecule has 0 aromatic heterocycles. The van der Waals surface area contributed by atoms with Crippen LogP contribution in [0.3, 0.4) is 0 Å². The number of carbonyl (C=O) groups excluding carboxylic acids is 1. The Balaban J connectivity index is 1.30. The summed E-state index contributed by atoms with van der Waals surface area (Å²) in [5.41, 5.74) is 2.49. The Kier molecular flexibility index (Phi) is 5.49. The molecule has 4 aliphatic rings. The van der Waals surface area contributed by atoms with E-state index < -0.39 is 15.6 Å². The average molecular weight is 560 g/mol. The first-order chi connectivity index (χ1) is 16.6. The number of benzene rings is 2. The van der Waals surface area contributed by atoms with E-state index in [1.165, 1.54) is 37.3 Å². The lowest BCUT2D eigenvalue weighted by molar-refractivity contribution is 0.0980. The largest absolute Gasteiger partial charge is 0.379 e. The smallest absolute Gasteiger partial charge is 0.258 e. The zero-order valence-electron chi connectivity index (χ0n) is 20.0. The van der Waals surface area contributed by atoms with E-state index >= 15 is 0 Å². The van der Waals surface area contributed by atoms with Gasteiger partial charge < -0.3 is 9.64 Å². The summed E-state index contributed by atoms with van der Waals surface area (Å²) in [4.78, 5) is 15.8. The number of amides is 1. The lowest BCUT2D eigenvalue weighted by Crippen LogP contribution is -2.46. The van der Waals surface area contributed by atoms with Gasteiger partial charge in [0.2, 0.25) is 10.0 Å². The maximum Gasteiger partial charge on any atom is 0.258 e. The summed E-state index contributed by atoms with van der Waals surface area (Å²) < 4.78 is 35.5. The van der Waals surface area contributed by atoms with Gasteiger partial charge in [0, 0.05) is 34.3 Å². The third kappa shape index (κ3) is 4.16. The van der Waals surface area contributed by atoms with Gasteiger partial charge in [0.05, 0.1) is 17.0 Å². The molecule has 35 heavy (non-hydrogen) atoms. The molecule has 2 aromatic rings. The molecule has 1 unspecified atom stereocenters. The fourth-order valence-corrected chi connectivity index (χ4v) is 8.10. The molecule has 3 fully saturated rings. The molecule has 0 bridgehead atoms. The van der Waals surface area contributed by atoms with Crippen LogP contribution in [0.1, 0.15) is 67.8 Å². The highest BCUT2D eigenvalue weighted by Crippen LogP contribution is 2.62. The SMILES string of the molecule is CC1(NS(=O)(=O)c2cccc(C(=O)N3CC4(CCC5(CC5)CC4)c4cc(Br)ccc43)c2)CCOC1. The third-order valence-corrected chi connectivity index (χ3v) is 10.9. The molecule has 2 aromatic carbocycles. The Labute approximate surface area is 215 Å². The molecule has 2 aliphatic carbocycles. The summed E-state index contributed by atoms with van der Waals surface area (Å²) in [6.07, 6.45) is 7.95. The molecule has 2 spiro atoms. The van der Waals surface area contributed by atoms with Crippen molar-refractivity contribution >= 4 is 37.5 Å². The van der Waals surface area contributed by atoms with Crippen molar-refractivity contribution in [1.82, 2.24) is 4.72 Å². The number of carbonyl (C=O) groups is 1. The molecule has 2 heterocycles. The maximum atomic E-state index is 13.8. The number of fused-ring (bicyclic) bond motifs is 2. The van der Waals surface area contributed by atoms with Gasteiger partial charge in [0.15, 0.2) is 0 Å². The van der Waals surface area contributed by atoms with Crippen molar-refractivity contribution in [3.8, 4) is 0 Å². The number of rotatable bonds is 4. The summed E-state index contributed by atoms with van der Waals surface area (Å²) in [6.45, 7) is 3.37. The van der Waals surface area contributed by atoms with Gasteiger partial charge in [-0.2, -0.15) is 0 Å². The van der Waals surface area contributed by atoms with Crippen molar-refractivity contribution in [3.05, 3.63) is 58.1 Å². The first-order valence-electron chi connectivity index (χ1n) is 12.5. The van der Waals surface area contributed by atoms with Crippen LogP contribution in [-0.4, -0.2) is 39.6 Å². The predicted octanol–water partition coefficient (Wildman–Crippen LogP) is 5.16. The van der Waals surface area contributed by atoms with E-state index in [-0.39, 0.29) is 16.2 Å². The van der Waals surface area contributed by atoms with Crippen LogP contribution < -0.4 is 9.62 Å². The minimum absolute atomic E-state index is 0.0229. The van der Waals surface area contributed by atoms with Crippen LogP contribution in [0.5, 0.6) is 0 Å². The summed E-state index contributed by atoms with van der Waals surface area (Å²) in [5.74, 6) is -0.149. The first-order valence-corrected chi connectivity index (χ1v) is 14.7. The van der Waals surface area contributed by atoms with Crippen molar-refractivity contribution in [3.63, 3.8) is 0 Å². The quantitative estimate of drug-likeness (QED) is 0.562. The Bertz CT molecular complexity index is 1290. The normalized spacial score (nSPS) is 26.3. The highest BCUT2D eigenvalue weighted by Gasteiger charge is 2.53. The molecular weight excluding hydrogens is 528 g/mol. The second-order valence-electron chi connectivity index (χ2n) is 11.3. The molecule has 6 rings (SSSR count). The number of hydrogen-bond donors (Lipinski definition) is 1. The van der Waals surface area contributed by atoms with E-state index in [0.29, 0.717) is 37.2 Å². The topological polar surface area (TPSA) is 75.7 Å². The number of halogens is 1. The fourth-order valence-electron chi connectivity index (χ4n) is 6.27. The number of nitrogens with zero attached hydrogens (tertiary/aromatic N) is 1. The highest BCUT2D eigenvalue weighted by atomic mass is 79.9. The summed E-state index contributed by atoms with van der Waals surface area (Å²) in [6, 6.07) is 12.6. The van der Waals surface area contributed by atoms with Crippen molar-refractivity contribution in [2.24, 2.45) is 5.41 Å². The van der Waals surface area contributed by atoms with Crippen LogP contribution in [0.2, 0.25) is 0 Å². The number of nitrogens with one attached hydrogen (secondary N) is 1. The van der Waals surface area contributed by atoms with Crippen LogP contribution >= 0.6 is 15.9 Å². The van der Waals surface area contributed by atoms with Gasteiger partial charge in [-0.3, -0.25) is 4.79 Å². The lowest BCUT2D eigenvalue weighted by atomic mass is 9.66. The van der Waals surface area contributed by atoms with Crippen LogP contribution in [0.4, 0.5) is 5.69 Å². The zero-order valence-corrected chi connectivity index (χ0v) is 22.4. The molecule has 2 aliphatic heterocycles. The zero-order chi connectivity index (χ0) is 24.5. The monoisotopic (exact) mass is 558 g/mol. The summed E-state index contributed by atoms with van der Waals surface area (Å²) >= 11 is 3.64. The van der Waals surface area contributed by atoms with Crippen molar-refractivity contribution in [1.29, 1.82) is 0 Å². The van der Waals surface area contributed by atoms with E-state index in [1.54, 1.807) is 18.2 Å². The van der Waals surface area contributed by atoms with E-state index in [4.69, 9.17) is 4.74 Å². The summed E-state index contributed by atoms with van der Waals surface area (Å²) in [7, 11) is -3.79. The Morgan fingerprint density at radius 1 is 1.03 bits per heavy atom. The second kappa shape index (κ2) is 8.13. The van der Waals surface area contributed by atoms with Gasteiger partial charge >= 0.3 is 0 Å². The molecule has 1 amide bonds. The molecule has 2 saturated carbocycles.